The Labute approximate surface area is 309 Å². The second-order valence-corrected chi connectivity index (χ2v) is 15.5. The van der Waals surface area contributed by atoms with Crippen molar-refractivity contribution in [3.8, 4) is 0 Å². The molecule has 0 aliphatic heterocycles. The number of halogens is 12. The van der Waals surface area contributed by atoms with Crippen LogP contribution in [0.2, 0.25) is 0 Å². The van der Waals surface area contributed by atoms with Crippen LogP contribution in [-0.2, 0) is 41.8 Å². The van der Waals surface area contributed by atoms with E-state index < -0.39 is 62.8 Å². The smallest absolute Gasteiger partial charge is 0.416 e. The summed E-state index contributed by atoms with van der Waals surface area (Å²) in [6, 6.07) is 30.1. The molecular weight excluding hydrogens is 802 g/mol. The Morgan fingerprint density at radius 3 is 1.02 bits per heavy atom. The molecule has 0 unspecified atom stereocenters. The van der Waals surface area contributed by atoms with E-state index in [9.17, 15) is 52.7 Å². The van der Waals surface area contributed by atoms with Crippen molar-refractivity contribution in [1.29, 1.82) is 0 Å². The molecule has 0 aromatic heterocycles. The van der Waals surface area contributed by atoms with E-state index >= 15 is 0 Å². The monoisotopic (exact) mass is 826 g/mol. The van der Waals surface area contributed by atoms with Crippen LogP contribution in [0, 0.1) is 0 Å². The molecule has 6 aromatic rings. The number of alkyl halides is 12. The third kappa shape index (κ3) is 10.4. The Hall–Kier alpha value is -3.88. The number of rotatable bonds is 6. The van der Waals surface area contributed by atoms with E-state index in [-0.39, 0.29) is 48.9 Å². The van der Waals surface area contributed by atoms with Gasteiger partial charge in [-0.3, -0.25) is 0 Å². The average molecular weight is 826 g/mol. The Bertz CT molecular complexity index is 1810. The molecule has 15 heteroatoms. The van der Waals surface area contributed by atoms with E-state index in [0.29, 0.717) is 0 Å². The van der Waals surface area contributed by atoms with Gasteiger partial charge in [0.25, 0.3) is 0 Å². The maximum atomic E-state index is 13.8. The van der Waals surface area contributed by atoms with Crippen molar-refractivity contribution in [3.05, 3.63) is 168 Å². The van der Waals surface area contributed by atoms with Crippen LogP contribution in [-0.4, -0.2) is 0 Å². The molecule has 0 saturated carbocycles. The van der Waals surface area contributed by atoms with E-state index in [2.05, 4.69) is 0 Å². The quantitative estimate of drug-likeness (QED) is 0.0679. The molecule has 6 aromatic carbocycles. The summed E-state index contributed by atoms with van der Waals surface area (Å²) in [7, 11) is -4.52. The predicted molar refractivity (Wildman–Crippen MR) is 181 cm³/mol. The molecule has 0 nitrogen and oxygen atoms in total. The van der Waals surface area contributed by atoms with Gasteiger partial charge in [-0.25, -0.2) is 12.1 Å². The first kappa shape index (κ1) is 41.9. The minimum absolute atomic E-state index is 0. The molecule has 0 N–H and O–H groups in total. The fraction of sp³-hybridized carbons (Fsp3) is 0.105. The van der Waals surface area contributed by atoms with Crippen LogP contribution < -0.4 is 31.8 Å². The summed E-state index contributed by atoms with van der Waals surface area (Å²) in [4.78, 5) is 0. The minimum atomic E-state index is -4.82. The van der Waals surface area contributed by atoms with Crippen molar-refractivity contribution in [1.82, 2.24) is 0 Å². The molecule has 53 heavy (non-hydrogen) atoms. The van der Waals surface area contributed by atoms with Crippen LogP contribution in [0.25, 0.3) is 0 Å². The van der Waals surface area contributed by atoms with Gasteiger partial charge >= 0.3 is 24.7 Å². The van der Waals surface area contributed by atoms with Crippen LogP contribution in [0.3, 0.4) is 0 Å². The summed E-state index contributed by atoms with van der Waals surface area (Å²) in [5.74, 6) is 0. The van der Waals surface area contributed by atoms with Crippen molar-refractivity contribution < 1.29 is 69.8 Å². The van der Waals surface area contributed by atoms with E-state index in [1.165, 1.54) is 42.5 Å². The Morgan fingerprint density at radius 2 is 0.698 bits per heavy atom. The van der Waals surface area contributed by atoms with Crippen molar-refractivity contribution in [2.75, 3.05) is 0 Å². The molecule has 0 bridgehead atoms. The third-order valence-electron chi connectivity index (χ3n) is 7.53. The second-order valence-electron chi connectivity index (χ2n) is 11.1. The molecule has 0 heterocycles. The van der Waals surface area contributed by atoms with Gasteiger partial charge in [0.2, 0.25) is 0 Å². The normalized spacial score (nSPS) is 12.3. The minimum Gasteiger partial charge on any atom is -0.748 e. The summed E-state index contributed by atoms with van der Waals surface area (Å²) in [5.41, 5.74) is -4.33. The zero-order valence-corrected chi connectivity index (χ0v) is 29.5. The van der Waals surface area contributed by atoms with Crippen LogP contribution in [0.1, 0.15) is 22.3 Å². The molecule has 0 atom stereocenters. The van der Waals surface area contributed by atoms with Crippen molar-refractivity contribution in [2.24, 2.45) is 0 Å². The van der Waals surface area contributed by atoms with Gasteiger partial charge in [-0.05, 0) is 77.7 Å². The van der Waals surface area contributed by atoms with E-state index in [4.69, 9.17) is 0 Å². The largest absolute Gasteiger partial charge is 0.748 e. The molecule has 0 spiro atoms. The van der Waals surface area contributed by atoms with E-state index in [0.717, 1.165) is 72.8 Å². The molecule has 0 amide bonds. The molecule has 0 radical (unpaired) electrons. The van der Waals surface area contributed by atoms with Gasteiger partial charge in [-0.1, -0.05) is 56.5 Å². The summed E-state index contributed by atoms with van der Waals surface area (Å²) < 4.78 is 166. The van der Waals surface area contributed by atoms with Crippen molar-refractivity contribution in [2.45, 2.75) is 24.7 Å². The number of hydrogen-bond donors (Lipinski definition) is 0. The topological polar surface area (TPSA) is 0 Å². The van der Waals surface area contributed by atoms with Gasteiger partial charge in [-0.15, -0.1) is 10.6 Å². The van der Waals surface area contributed by atoms with Crippen molar-refractivity contribution in [3.63, 3.8) is 0 Å². The second kappa shape index (κ2) is 16.6. The van der Waals surface area contributed by atoms with Gasteiger partial charge in [0.15, 0.2) is 0 Å². The standard InChI is InChI=1S/C33H19F12P2.C5H5.Fe/c34-30(35,36)20-6-1-10-24(16-20)46(25-11-2-7-21(17-25)31(37,38)39)28-14-5-15-29(28)47(26-12-3-8-22(18-26)32(40,41)42)27-13-4-9-23(19-27)33(43,44)45;1-2-4-5-3-1;/h1-19H;1-5H;/q-1;-5;. The van der Waals surface area contributed by atoms with Gasteiger partial charge < -0.3 is 30.3 Å². The van der Waals surface area contributed by atoms with Crippen LogP contribution >= 0.6 is 15.8 Å². The molecule has 0 aliphatic carbocycles. The molecule has 6 rings (SSSR count). The Balaban J connectivity index is 0.000000964. The summed E-state index contributed by atoms with van der Waals surface area (Å²) >= 11 is 0. The first-order chi connectivity index (χ1) is 24.3. The van der Waals surface area contributed by atoms with Crippen molar-refractivity contribution >= 4 is 47.7 Å². The number of hydrogen-bond acceptors (Lipinski definition) is 0. The fourth-order valence-electron chi connectivity index (χ4n) is 5.24. The molecule has 0 fully saturated rings. The average Bonchev–Trinajstić information content (AvgIpc) is 3.81. The molecule has 0 saturated heterocycles. The van der Waals surface area contributed by atoms with Crippen LogP contribution in [0.15, 0.2) is 146 Å². The maximum Gasteiger partial charge on any atom is 0.416 e. The summed E-state index contributed by atoms with van der Waals surface area (Å²) in [6.45, 7) is 0. The van der Waals surface area contributed by atoms with Crippen LogP contribution in [0.4, 0.5) is 52.7 Å². The van der Waals surface area contributed by atoms with Gasteiger partial charge in [0.05, 0.1) is 22.3 Å². The predicted octanol–water partition coefficient (Wildman–Crippen LogP) is 10.4. The van der Waals surface area contributed by atoms with E-state index in [1.54, 1.807) is 0 Å². The fourth-order valence-corrected chi connectivity index (χ4v) is 10.6. The first-order valence-electron chi connectivity index (χ1n) is 15.1. The first-order valence-corrected chi connectivity index (χ1v) is 17.7. The Morgan fingerprint density at radius 1 is 0.396 bits per heavy atom. The van der Waals surface area contributed by atoms with Gasteiger partial charge in [0.1, 0.15) is 0 Å². The van der Waals surface area contributed by atoms with Gasteiger partial charge in [-0.2, -0.15) is 58.8 Å². The van der Waals surface area contributed by atoms with Crippen LogP contribution in [0.5, 0.6) is 0 Å². The zero-order valence-electron chi connectivity index (χ0n) is 26.6. The molecule has 284 valence electrons. The van der Waals surface area contributed by atoms with E-state index in [1.807, 2.05) is 30.3 Å². The third-order valence-corrected chi connectivity index (χ3v) is 12.6. The van der Waals surface area contributed by atoms with Gasteiger partial charge in [0, 0.05) is 17.1 Å². The number of benzene rings is 4. The summed E-state index contributed by atoms with van der Waals surface area (Å²) in [6.07, 6.45) is -19.3. The Kier molecular flexibility index (Phi) is 13.1. The SMILES string of the molecule is FC(F)(F)c1cccc(P(c2cccc(C(F)(F)F)c2)c2ccc[c-]2P(c2cccc(C(F)(F)F)c2)c2cccc(C(F)(F)F)c2)c1.[Fe].[cH-]1[cH-][cH-][cH-][cH-]1. The summed E-state index contributed by atoms with van der Waals surface area (Å²) in [5, 5.41) is 0.266. The molecular formula is C38H24F12FeP2-6. The molecule has 0 aliphatic rings. The maximum absolute atomic E-state index is 13.8. The zero-order chi connectivity index (χ0) is 37.9.